The Bertz CT molecular complexity index is 636. The summed E-state index contributed by atoms with van der Waals surface area (Å²) in [6.45, 7) is 2.37. The van der Waals surface area contributed by atoms with Gasteiger partial charge in [0.25, 0.3) is 0 Å². The maximum Gasteiger partial charge on any atom is 0.311 e. The Morgan fingerprint density at radius 2 is 2.00 bits per heavy atom. The molecule has 5 rings (SSSR count). The van der Waals surface area contributed by atoms with Crippen molar-refractivity contribution in [2.45, 2.75) is 45.4 Å². The third-order valence-electron chi connectivity index (χ3n) is 6.04. The third-order valence-corrected chi connectivity index (χ3v) is 6.04. The number of methoxy groups -OCH3 is 1. The van der Waals surface area contributed by atoms with Crippen LogP contribution in [0.15, 0.2) is 30.3 Å². The number of fused-ring (bicyclic) bond motifs is 1. The van der Waals surface area contributed by atoms with Crippen LogP contribution in [-0.2, 0) is 16.0 Å². The number of ether oxygens (including phenoxy) is 1. The molecule has 2 heteroatoms. The molecule has 3 fully saturated rings. The van der Waals surface area contributed by atoms with E-state index in [0.717, 1.165) is 25.7 Å². The summed E-state index contributed by atoms with van der Waals surface area (Å²) in [5, 5.41) is 0. The first-order valence-electron chi connectivity index (χ1n) is 8.42. The van der Waals surface area contributed by atoms with Gasteiger partial charge in [-0.05, 0) is 66.6 Å². The van der Waals surface area contributed by atoms with Crippen LogP contribution >= 0.6 is 0 Å². The highest BCUT2D eigenvalue weighted by Gasteiger charge is 2.71. The van der Waals surface area contributed by atoms with Crippen LogP contribution in [0.3, 0.4) is 0 Å². The summed E-state index contributed by atoms with van der Waals surface area (Å²) in [5.41, 5.74) is 4.81. The molecule has 0 amide bonds. The molecule has 0 radical (unpaired) electrons. The van der Waals surface area contributed by atoms with Crippen molar-refractivity contribution in [3.8, 4) is 0 Å². The molecule has 3 saturated carbocycles. The molecule has 1 aromatic rings. The highest BCUT2D eigenvalue weighted by atomic mass is 16.5. The van der Waals surface area contributed by atoms with Crippen LogP contribution in [-0.4, -0.2) is 13.1 Å². The first-order chi connectivity index (χ1) is 10.6. The summed E-state index contributed by atoms with van der Waals surface area (Å²) in [5.74, 6) is 0.711. The molecule has 4 aliphatic rings. The molecular formula is C20H24O2. The number of benzene rings is 1. The SMILES string of the molecule is COC(=O)C12CC(C[C@H](C)CC3=CCc4ccccc43)(C1)C2. The maximum absolute atomic E-state index is 11.8. The molecule has 1 atom stereocenters. The average Bonchev–Trinajstić information content (AvgIpc) is 2.84. The molecule has 0 N–H and O–H groups in total. The van der Waals surface area contributed by atoms with Gasteiger partial charge in [-0.15, -0.1) is 0 Å². The van der Waals surface area contributed by atoms with Crippen molar-refractivity contribution in [1.29, 1.82) is 0 Å². The third kappa shape index (κ3) is 1.96. The first-order valence-corrected chi connectivity index (χ1v) is 8.42. The topological polar surface area (TPSA) is 26.3 Å². The number of carbonyl (C=O) groups excluding carboxylic acids is 1. The predicted molar refractivity (Wildman–Crippen MR) is 87.3 cm³/mol. The molecule has 2 bridgehead atoms. The van der Waals surface area contributed by atoms with Crippen molar-refractivity contribution in [2.75, 3.05) is 7.11 Å². The van der Waals surface area contributed by atoms with E-state index in [4.69, 9.17) is 4.74 Å². The molecular weight excluding hydrogens is 272 g/mol. The van der Waals surface area contributed by atoms with Crippen molar-refractivity contribution in [3.63, 3.8) is 0 Å². The number of allylic oxidation sites excluding steroid dienone is 2. The van der Waals surface area contributed by atoms with Crippen molar-refractivity contribution >= 4 is 11.5 Å². The fourth-order valence-electron chi connectivity index (χ4n) is 5.38. The Morgan fingerprint density at radius 1 is 1.27 bits per heavy atom. The van der Waals surface area contributed by atoms with Gasteiger partial charge in [-0.2, -0.15) is 0 Å². The van der Waals surface area contributed by atoms with Crippen LogP contribution in [0, 0.1) is 16.7 Å². The lowest BCUT2D eigenvalue weighted by atomic mass is 9.33. The molecule has 0 aliphatic heterocycles. The Labute approximate surface area is 132 Å². The van der Waals surface area contributed by atoms with Crippen LogP contribution in [0.4, 0.5) is 0 Å². The standard InChI is InChI=1S/C20H24O2/c1-14(9-16-8-7-15-5-3-4-6-17(15)16)10-19-11-20(12-19,13-19)18(21)22-2/h3-6,8,14H,7,9-13H2,1-2H3/t14-,19?,20?/m1/s1. The van der Waals surface area contributed by atoms with E-state index in [1.54, 1.807) is 0 Å². The predicted octanol–water partition coefficient (Wildman–Crippen LogP) is 4.39. The zero-order valence-electron chi connectivity index (χ0n) is 13.5. The van der Waals surface area contributed by atoms with E-state index in [-0.39, 0.29) is 11.4 Å². The zero-order valence-corrected chi connectivity index (χ0v) is 13.5. The summed E-state index contributed by atoms with van der Waals surface area (Å²) in [7, 11) is 1.52. The summed E-state index contributed by atoms with van der Waals surface area (Å²) in [6, 6.07) is 8.77. The molecule has 2 nitrogen and oxygen atoms in total. The van der Waals surface area contributed by atoms with Crippen LogP contribution in [0.25, 0.3) is 5.57 Å². The van der Waals surface area contributed by atoms with Crippen molar-refractivity contribution in [3.05, 3.63) is 41.5 Å². The summed E-state index contributed by atoms with van der Waals surface area (Å²) < 4.78 is 4.94. The number of esters is 1. The van der Waals surface area contributed by atoms with E-state index in [9.17, 15) is 4.79 Å². The number of carbonyl (C=O) groups is 1. The van der Waals surface area contributed by atoms with Gasteiger partial charge >= 0.3 is 5.97 Å². The fourth-order valence-corrected chi connectivity index (χ4v) is 5.38. The van der Waals surface area contributed by atoms with Gasteiger partial charge in [-0.1, -0.05) is 37.3 Å². The molecule has 22 heavy (non-hydrogen) atoms. The van der Waals surface area contributed by atoms with E-state index >= 15 is 0 Å². The Kier molecular flexibility index (Phi) is 3.01. The van der Waals surface area contributed by atoms with Crippen molar-refractivity contribution in [1.82, 2.24) is 0 Å². The highest BCUT2D eigenvalue weighted by Crippen LogP contribution is 2.75. The van der Waals surface area contributed by atoms with Gasteiger partial charge < -0.3 is 4.74 Å². The second-order valence-corrected chi connectivity index (χ2v) is 7.91. The molecule has 0 unspecified atom stereocenters. The van der Waals surface area contributed by atoms with Crippen LogP contribution in [0.2, 0.25) is 0 Å². The lowest BCUT2D eigenvalue weighted by Crippen LogP contribution is -2.65. The smallest absolute Gasteiger partial charge is 0.311 e. The second-order valence-electron chi connectivity index (χ2n) is 7.91. The van der Waals surface area contributed by atoms with Crippen molar-refractivity contribution in [2.24, 2.45) is 16.7 Å². The van der Waals surface area contributed by atoms with E-state index in [1.807, 2.05) is 0 Å². The quantitative estimate of drug-likeness (QED) is 0.753. The van der Waals surface area contributed by atoms with Crippen LogP contribution in [0.1, 0.15) is 50.2 Å². The summed E-state index contributed by atoms with van der Waals surface area (Å²) >= 11 is 0. The number of rotatable bonds is 5. The molecule has 116 valence electrons. The van der Waals surface area contributed by atoms with E-state index in [2.05, 4.69) is 37.3 Å². The van der Waals surface area contributed by atoms with Gasteiger partial charge in [0.1, 0.15) is 0 Å². The largest absolute Gasteiger partial charge is 0.469 e. The first kappa shape index (κ1) is 14.0. The minimum absolute atomic E-state index is 0.0226. The highest BCUT2D eigenvalue weighted by molar-refractivity contribution is 5.81. The molecule has 4 aliphatic carbocycles. The lowest BCUT2D eigenvalue weighted by Gasteiger charge is -2.69. The molecule has 1 aromatic carbocycles. The second kappa shape index (κ2) is 4.71. The van der Waals surface area contributed by atoms with E-state index in [0.29, 0.717) is 11.3 Å². The number of hydrogen-bond donors (Lipinski definition) is 0. The Hall–Kier alpha value is -1.57. The zero-order chi connectivity index (χ0) is 15.4. The molecule has 0 heterocycles. The van der Waals surface area contributed by atoms with Gasteiger partial charge in [0.05, 0.1) is 12.5 Å². The van der Waals surface area contributed by atoms with Gasteiger partial charge in [0, 0.05) is 0 Å². The summed E-state index contributed by atoms with van der Waals surface area (Å²) in [4.78, 5) is 11.8. The van der Waals surface area contributed by atoms with E-state index in [1.165, 1.54) is 36.7 Å². The molecule has 0 saturated heterocycles. The minimum atomic E-state index is -0.0896. The van der Waals surface area contributed by atoms with Gasteiger partial charge in [-0.25, -0.2) is 0 Å². The fraction of sp³-hybridized carbons (Fsp3) is 0.550. The Morgan fingerprint density at radius 3 is 2.73 bits per heavy atom. The molecule has 0 aromatic heterocycles. The minimum Gasteiger partial charge on any atom is -0.469 e. The van der Waals surface area contributed by atoms with Crippen LogP contribution < -0.4 is 0 Å². The summed E-state index contributed by atoms with van der Waals surface area (Å²) in [6.07, 6.45) is 9.11. The maximum atomic E-state index is 11.8. The van der Waals surface area contributed by atoms with E-state index < -0.39 is 0 Å². The molecule has 0 spiro atoms. The van der Waals surface area contributed by atoms with Gasteiger partial charge in [0.2, 0.25) is 0 Å². The van der Waals surface area contributed by atoms with Crippen molar-refractivity contribution < 1.29 is 9.53 Å². The monoisotopic (exact) mass is 296 g/mol. The number of hydrogen-bond acceptors (Lipinski definition) is 2. The van der Waals surface area contributed by atoms with Gasteiger partial charge in [0.15, 0.2) is 0 Å². The normalized spacial score (nSPS) is 32.4. The Balaban J connectivity index is 1.34. The van der Waals surface area contributed by atoms with Crippen LogP contribution in [0.5, 0.6) is 0 Å². The average molecular weight is 296 g/mol. The lowest BCUT2D eigenvalue weighted by molar-refractivity contribution is -0.230. The van der Waals surface area contributed by atoms with Gasteiger partial charge in [-0.3, -0.25) is 4.79 Å².